The van der Waals surface area contributed by atoms with E-state index in [2.05, 4.69) is 0 Å². The highest BCUT2D eigenvalue weighted by atomic mass is 16.5. The summed E-state index contributed by atoms with van der Waals surface area (Å²) >= 11 is 0. The average molecular weight is 268 g/mol. The maximum Gasteiger partial charge on any atom is 0.245 e. The monoisotopic (exact) mass is 268 g/mol. The van der Waals surface area contributed by atoms with Gasteiger partial charge in [0.2, 0.25) is 11.8 Å². The van der Waals surface area contributed by atoms with Gasteiger partial charge in [-0.05, 0) is 32.6 Å². The molecule has 0 aromatic carbocycles. The Morgan fingerprint density at radius 2 is 2.11 bits per heavy atom. The Hall–Kier alpha value is -1.10. The van der Waals surface area contributed by atoms with Gasteiger partial charge in [0.05, 0.1) is 0 Å². The van der Waals surface area contributed by atoms with Crippen molar-refractivity contribution in [3.05, 3.63) is 0 Å². The summed E-state index contributed by atoms with van der Waals surface area (Å²) in [4.78, 5) is 28.4. The van der Waals surface area contributed by atoms with Crippen LogP contribution in [0.25, 0.3) is 0 Å². The molecule has 19 heavy (non-hydrogen) atoms. The maximum atomic E-state index is 12.6. The van der Waals surface area contributed by atoms with Crippen LogP contribution in [0.2, 0.25) is 0 Å². The van der Waals surface area contributed by atoms with Crippen LogP contribution in [-0.4, -0.2) is 60.5 Å². The minimum atomic E-state index is -0.214. The first-order valence-electron chi connectivity index (χ1n) is 7.24. The highest BCUT2D eigenvalue weighted by Gasteiger charge is 2.38. The second kappa shape index (κ2) is 6.37. The summed E-state index contributed by atoms with van der Waals surface area (Å²) in [5.74, 6) is 0.272. The van der Waals surface area contributed by atoms with E-state index in [1.54, 1.807) is 12.0 Å². The predicted octanol–water partition coefficient (Wildman–Crippen LogP) is 1.02. The highest BCUT2D eigenvalue weighted by molar-refractivity contribution is 5.90. The normalized spacial score (nSPS) is 26.1. The molecule has 2 rings (SSSR count). The number of piperidine rings is 1. The number of methoxy groups -OCH3 is 1. The van der Waals surface area contributed by atoms with Crippen LogP contribution in [-0.2, 0) is 14.3 Å². The number of hydrogen-bond donors (Lipinski definition) is 0. The Morgan fingerprint density at radius 3 is 2.84 bits per heavy atom. The Balaban J connectivity index is 2.09. The van der Waals surface area contributed by atoms with Gasteiger partial charge in [-0.2, -0.15) is 0 Å². The van der Waals surface area contributed by atoms with E-state index in [0.717, 1.165) is 32.2 Å². The molecule has 108 valence electrons. The smallest absolute Gasteiger partial charge is 0.245 e. The molecule has 0 aromatic heterocycles. The van der Waals surface area contributed by atoms with Gasteiger partial charge in [0.25, 0.3) is 0 Å². The van der Waals surface area contributed by atoms with E-state index >= 15 is 0 Å². The molecule has 0 spiro atoms. The molecule has 2 aliphatic rings. The Kier molecular flexibility index (Phi) is 4.80. The van der Waals surface area contributed by atoms with E-state index in [-0.39, 0.29) is 23.9 Å². The molecule has 2 atom stereocenters. The van der Waals surface area contributed by atoms with Gasteiger partial charge < -0.3 is 14.5 Å². The quantitative estimate of drug-likeness (QED) is 0.765. The van der Waals surface area contributed by atoms with E-state index in [4.69, 9.17) is 4.74 Å². The van der Waals surface area contributed by atoms with E-state index in [1.807, 2.05) is 11.8 Å². The second-order valence-electron chi connectivity index (χ2n) is 5.51. The number of rotatable bonds is 4. The molecular formula is C14H24N2O3. The number of fused-ring (bicyclic) bond motifs is 1. The van der Waals surface area contributed by atoms with Gasteiger partial charge in [-0.15, -0.1) is 0 Å². The van der Waals surface area contributed by atoms with E-state index in [1.165, 1.54) is 0 Å². The van der Waals surface area contributed by atoms with E-state index in [9.17, 15) is 9.59 Å². The highest BCUT2D eigenvalue weighted by Crippen LogP contribution is 2.24. The van der Waals surface area contributed by atoms with Gasteiger partial charge in [-0.1, -0.05) is 0 Å². The summed E-state index contributed by atoms with van der Waals surface area (Å²) in [6.07, 6.45) is 4.16. The molecule has 2 aliphatic heterocycles. The maximum absolute atomic E-state index is 12.6. The fraction of sp³-hybridized carbons (Fsp3) is 0.857. The molecule has 2 saturated heterocycles. The third kappa shape index (κ3) is 3.08. The van der Waals surface area contributed by atoms with Crippen LogP contribution in [0, 0.1) is 0 Å². The number of nitrogens with zero attached hydrogens (tertiary/aromatic N) is 2. The lowest BCUT2D eigenvalue weighted by atomic mass is 10.0. The molecule has 5 heteroatoms. The van der Waals surface area contributed by atoms with Crippen LogP contribution < -0.4 is 0 Å². The van der Waals surface area contributed by atoms with E-state index < -0.39 is 0 Å². The largest absolute Gasteiger partial charge is 0.385 e. The number of carbonyl (C=O) groups is 2. The zero-order valence-corrected chi connectivity index (χ0v) is 11.9. The average Bonchev–Trinajstić information content (AvgIpc) is 2.56. The van der Waals surface area contributed by atoms with Crippen molar-refractivity contribution in [3.63, 3.8) is 0 Å². The summed E-state index contributed by atoms with van der Waals surface area (Å²) < 4.78 is 5.08. The standard InChI is InChI=1S/C14H24N2O3/c1-11(7-10-19-2)15-9-6-13(17)16-8-4-3-5-12(16)14(15)18/h11-12H,3-10H2,1-2H3. The summed E-state index contributed by atoms with van der Waals surface area (Å²) in [6.45, 7) is 3.98. The minimum absolute atomic E-state index is 0.133. The SMILES string of the molecule is COCCC(C)N1CCC(=O)N2CCCCC2C1=O. The van der Waals surface area contributed by atoms with Crippen molar-refractivity contribution in [1.82, 2.24) is 9.80 Å². The Labute approximate surface area is 114 Å². The predicted molar refractivity (Wildman–Crippen MR) is 71.6 cm³/mol. The lowest BCUT2D eigenvalue weighted by Gasteiger charge is -2.36. The lowest BCUT2D eigenvalue weighted by molar-refractivity contribution is -0.144. The van der Waals surface area contributed by atoms with Crippen LogP contribution in [0.15, 0.2) is 0 Å². The molecule has 0 aromatic rings. The van der Waals surface area contributed by atoms with E-state index in [0.29, 0.717) is 19.6 Å². The molecule has 2 amide bonds. The van der Waals surface area contributed by atoms with Crippen molar-refractivity contribution in [1.29, 1.82) is 0 Å². The van der Waals surface area contributed by atoms with Gasteiger partial charge in [0.15, 0.2) is 0 Å². The molecule has 0 aliphatic carbocycles. The van der Waals surface area contributed by atoms with Crippen molar-refractivity contribution in [3.8, 4) is 0 Å². The van der Waals surface area contributed by atoms with Gasteiger partial charge in [0.1, 0.15) is 6.04 Å². The second-order valence-corrected chi connectivity index (χ2v) is 5.51. The Morgan fingerprint density at radius 1 is 1.32 bits per heavy atom. The first-order valence-corrected chi connectivity index (χ1v) is 7.24. The molecule has 0 radical (unpaired) electrons. The van der Waals surface area contributed by atoms with Crippen LogP contribution in [0.3, 0.4) is 0 Å². The van der Waals surface area contributed by atoms with Crippen LogP contribution in [0.1, 0.15) is 39.0 Å². The molecule has 0 N–H and O–H groups in total. The van der Waals surface area contributed by atoms with Gasteiger partial charge in [-0.25, -0.2) is 0 Å². The first-order chi connectivity index (χ1) is 9.15. The van der Waals surface area contributed by atoms with Gasteiger partial charge >= 0.3 is 0 Å². The van der Waals surface area contributed by atoms with Crippen LogP contribution in [0.4, 0.5) is 0 Å². The molecule has 5 nitrogen and oxygen atoms in total. The van der Waals surface area contributed by atoms with Crippen LogP contribution in [0.5, 0.6) is 0 Å². The molecule has 2 unspecified atom stereocenters. The Bertz CT molecular complexity index is 346. The number of amides is 2. The molecule has 2 fully saturated rings. The van der Waals surface area contributed by atoms with Crippen molar-refractivity contribution in [2.75, 3.05) is 26.8 Å². The topological polar surface area (TPSA) is 49.9 Å². The van der Waals surface area contributed by atoms with Crippen molar-refractivity contribution >= 4 is 11.8 Å². The fourth-order valence-electron chi connectivity index (χ4n) is 3.03. The van der Waals surface area contributed by atoms with Crippen molar-refractivity contribution < 1.29 is 14.3 Å². The molecule has 0 bridgehead atoms. The van der Waals surface area contributed by atoms with Crippen molar-refractivity contribution in [2.45, 2.75) is 51.1 Å². The summed E-state index contributed by atoms with van der Waals surface area (Å²) in [7, 11) is 1.67. The third-order valence-corrected chi connectivity index (χ3v) is 4.23. The number of carbonyl (C=O) groups excluding carboxylic acids is 2. The zero-order chi connectivity index (χ0) is 13.8. The fourth-order valence-corrected chi connectivity index (χ4v) is 3.03. The summed E-state index contributed by atoms with van der Waals surface area (Å²) in [6, 6.07) is -0.0733. The summed E-state index contributed by atoms with van der Waals surface area (Å²) in [5, 5.41) is 0. The summed E-state index contributed by atoms with van der Waals surface area (Å²) in [5.41, 5.74) is 0. The molecule has 2 heterocycles. The van der Waals surface area contributed by atoms with Gasteiger partial charge in [-0.3, -0.25) is 9.59 Å². The molecule has 0 saturated carbocycles. The molecular weight excluding hydrogens is 244 g/mol. The lowest BCUT2D eigenvalue weighted by Crippen LogP contribution is -2.51. The van der Waals surface area contributed by atoms with Gasteiger partial charge in [0, 0.05) is 39.3 Å². The third-order valence-electron chi connectivity index (χ3n) is 4.23. The number of hydrogen-bond acceptors (Lipinski definition) is 3. The first kappa shape index (κ1) is 14.3. The minimum Gasteiger partial charge on any atom is -0.385 e. The van der Waals surface area contributed by atoms with Crippen molar-refractivity contribution in [2.24, 2.45) is 0 Å². The zero-order valence-electron chi connectivity index (χ0n) is 11.9. The number of ether oxygens (including phenoxy) is 1. The van der Waals surface area contributed by atoms with Crippen LogP contribution >= 0.6 is 0 Å².